The van der Waals surface area contributed by atoms with E-state index < -0.39 is 6.04 Å². The van der Waals surface area contributed by atoms with Crippen molar-refractivity contribution in [2.24, 2.45) is 0 Å². The fraction of sp³-hybridized carbons (Fsp3) is 0.300. The Morgan fingerprint density at radius 2 is 1.58 bits per heavy atom. The summed E-state index contributed by atoms with van der Waals surface area (Å²) in [6, 6.07) is 11.3. The quantitative estimate of drug-likeness (QED) is 0.877. The summed E-state index contributed by atoms with van der Waals surface area (Å²) in [5.41, 5.74) is 5.81. The summed E-state index contributed by atoms with van der Waals surface area (Å²) in [5.74, 6) is -0.345. The Labute approximate surface area is 142 Å². The number of rotatable bonds is 3. The van der Waals surface area contributed by atoms with E-state index >= 15 is 0 Å². The van der Waals surface area contributed by atoms with Crippen molar-refractivity contribution in [3.05, 3.63) is 58.7 Å². The average molecular weight is 322 g/mol. The van der Waals surface area contributed by atoms with Crippen LogP contribution >= 0.6 is 0 Å². The van der Waals surface area contributed by atoms with Crippen LogP contribution in [-0.4, -0.2) is 17.9 Å². The molecule has 0 bridgehead atoms. The van der Waals surface area contributed by atoms with Crippen molar-refractivity contribution >= 4 is 23.2 Å². The van der Waals surface area contributed by atoms with E-state index in [4.69, 9.17) is 0 Å². The molecule has 0 spiro atoms. The summed E-state index contributed by atoms with van der Waals surface area (Å²) < 4.78 is 0. The van der Waals surface area contributed by atoms with Crippen LogP contribution in [0.4, 0.5) is 11.4 Å². The smallest absolute Gasteiger partial charge is 0.256 e. The Bertz CT molecular complexity index is 826. The number of hydrogen-bond donors (Lipinski definition) is 1. The molecule has 1 fully saturated rings. The second-order valence-electron chi connectivity index (χ2n) is 6.58. The zero-order valence-electron chi connectivity index (χ0n) is 14.5. The first-order chi connectivity index (χ1) is 11.4. The number of carbonyl (C=O) groups excluding carboxylic acids is 2. The van der Waals surface area contributed by atoms with Crippen LogP contribution in [-0.2, 0) is 9.59 Å². The molecule has 1 unspecified atom stereocenters. The van der Waals surface area contributed by atoms with E-state index in [1.807, 2.05) is 64.1 Å². The van der Waals surface area contributed by atoms with Crippen molar-refractivity contribution in [3.63, 3.8) is 0 Å². The number of nitrogens with zero attached hydrogens (tertiary/aromatic N) is 1. The highest BCUT2D eigenvalue weighted by molar-refractivity contribution is 6.23. The molecular formula is C20H22N2O2. The lowest BCUT2D eigenvalue weighted by molar-refractivity contribution is -0.121. The molecule has 3 rings (SSSR count). The highest BCUT2D eigenvalue weighted by atomic mass is 16.2. The molecule has 1 atom stereocenters. The van der Waals surface area contributed by atoms with Gasteiger partial charge in [0.25, 0.3) is 5.91 Å². The Morgan fingerprint density at radius 3 is 2.29 bits per heavy atom. The Balaban J connectivity index is 1.87. The summed E-state index contributed by atoms with van der Waals surface area (Å²) >= 11 is 0. The molecule has 2 amide bonds. The van der Waals surface area contributed by atoms with E-state index in [0.29, 0.717) is 5.69 Å². The van der Waals surface area contributed by atoms with Crippen molar-refractivity contribution in [2.45, 2.75) is 40.2 Å². The first kappa shape index (κ1) is 16.2. The maximum atomic E-state index is 12.8. The summed E-state index contributed by atoms with van der Waals surface area (Å²) in [4.78, 5) is 26.6. The van der Waals surface area contributed by atoms with E-state index in [-0.39, 0.29) is 18.2 Å². The number of anilines is 2. The topological polar surface area (TPSA) is 49.4 Å². The molecule has 4 heteroatoms. The van der Waals surface area contributed by atoms with Crippen LogP contribution in [0.3, 0.4) is 0 Å². The third-order valence-electron chi connectivity index (χ3n) is 4.46. The number of carbonyl (C=O) groups is 2. The molecule has 24 heavy (non-hydrogen) atoms. The minimum atomic E-state index is -0.515. The molecule has 1 saturated heterocycles. The highest BCUT2D eigenvalue weighted by Gasteiger charge is 2.40. The van der Waals surface area contributed by atoms with Crippen molar-refractivity contribution in [2.75, 3.05) is 10.2 Å². The average Bonchev–Trinajstić information content (AvgIpc) is 2.78. The van der Waals surface area contributed by atoms with E-state index in [0.717, 1.165) is 27.9 Å². The molecule has 0 radical (unpaired) electrons. The van der Waals surface area contributed by atoms with Gasteiger partial charge in [0, 0.05) is 5.69 Å². The maximum Gasteiger partial charge on any atom is 0.256 e. The molecule has 1 heterocycles. The molecular weight excluding hydrogens is 300 g/mol. The van der Waals surface area contributed by atoms with Crippen molar-refractivity contribution < 1.29 is 9.59 Å². The van der Waals surface area contributed by atoms with E-state index in [2.05, 4.69) is 5.32 Å². The Kier molecular flexibility index (Phi) is 4.14. The van der Waals surface area contributed by atoms with Gasteiger partial charge in [-0.1, -0.05) is 29.8 Å². The third-order valence-corrected chi connectivity index (χ3v) is 4.46. The monoisotopic (exact) mass is 322 g/mol. The van der Waals surface area contributed by atoms with Gasteiger partial charge in [-0.2, -0.15) is 0 Å². The molecule has 1 aliphatic rings. The Morgan fingerprint density at radius 1 is 0.917 bits per heavy atom. The zero-order chi connectivity index (χ0) is 17.4. The second kappa shape index (κ2) is 6.11. The van der Waals surface area contributed by atoms with Crippen LogP contribution < -0.4 is 10.2 Å². The number of imide groups is 1. The van der Waals surface area contributed by atoms with Gasteiger partial charge in [0.05, 0.1) is 12.1 Å². The van der Waals surface area contributed by atoms with Gasteiger partial charge in [-0.05, 0) is 56.5 Å². The third kappa shape index (κ3) is 2.92. The molecule has 2 aromatic carbocycles. The van der Waals surface area contributed by atoms with E-state index in [1.165, 1.54) is 4.90 Å². The molecule has 1 aliphatic heterocycles. The second-order valence-corrected chi connectivity index (χ2v) is 6.58. The number of hydrogen-bond acceptors (Lipinski definition) is 3. The standard InChI is InChI=1S/C20H22N2O2/c1-12-6-8-18(15(4)9-12)22-19(23)11-17(20(22)24)21-16-10-13(2)5-7-14(16)3/h5-10,17,21H,11H2,1-4H3. The lowest BCUT2D eigenvalue weighted by atomic mass is 10.1. The van der Waals surface area contributed by atoms with Gasteiger partial charge >= 0.3 is 0 Å². The van der Waals surface area contributed by atoms with Crippen LogP contribution in [0.5, 0.6) is 0 Å². The highest BCUT2D eigenvalue weighted by Crippen LogP contribution is 2.29. The fourth-order valence-corrected chi connectivity index (χ4v) is 3.13. The molecule has 0 saturated carbocycles. The first-order valence-corrected chi connectivity index (χ1v) is 8.14. The van der Waals surface area contributed by atoms with E-state index in [1.54, 1.807) is 0 Å². The molecule has 0 aromatic heterocycles. The predicted octanol–water partition coefficient (Wildman–Crippen LogP) is 3.66. The van der Waals surface area contributed by atoms with Gasteiger partial charge in [-0.3, -0.25) is 9.59 Å². The van der Waals surface area contributed by atoms with Crippen molar-refractivity contribution in [3.8, 4) is 0 Å². The van der Waals surface area contributed by atoms with Crippen LogP contribution in [0.15, 0.2) is 36.4 Å². The minimum Gasteiger partial charge on any atom is -0.373 e. The number of nitrogens with one attached hydrogen (secondary N) is 1. The molecule has 2 aromatic rings. The van der Waals surface area contributed by atoms with Crippen molar-refractivity contribution in [1.82, 2.24) is 0 Å². The zero-order valence-corrected chi connectivity index (χ0v) is 14.5. The SMILES string of the molecule is Cc1ccc(N2C(=O)CC(Nc3cc(C)ccc3C)C2=O)c(C)c1. The molecule has 124 valence electrons. The van der Waals surface area contributed by atoms with Crippen LogP contribution in [0.25, 0.3) is 0 Å². The van der Waals surface area contributed by atoms with Crippen LogP contribution in [0.2, 0.25) is 0 Å². The molecule has 0 aliphatic carbocycles. The predicted molar refractivity (Wildman–Crippen MR) is 96.4 cm³/mol. The Hall–Kier alpha value is -2.62. The lowest BCUT2D eigenvalue weighted by Gasteiger charge is -2.19. The van der Waals surface area contributed by atoms with E-state index in [9.17, 15) is 9.59 Å². The number of amides is 2. The lowest BCUT2D eigenvalue weighted by Crippen LogP contribution is -2.35. The summed E-state index contributed by atoms with van der Waals surface area (Å²) in [5, 5.41) is 3.25. The van der Waals surface area contributed by atoms with Gasteiger partial charge in [-0.25, -0.2) is 4.90 Å². The first-order valence-electron chi connectivity index (χ1n) is 8.14. The van der Waals surface area contributed by atoms with Crippen molar-refractivity contribution in [1.29, 1.82) is 0 Å². The largest absolute Gasteiger partial charge is 0.373 e. The maximum absolute atomic E-state index is 12.8. The van der Waals surface area contributed by atoms with Crippen LogP contribution in [0, 0.1) is 27.7 Å². The minimum absolute atomic E-state index is 0.158. The molecule has 4 nitrogen and oxygen atoms in total. The number of benzene rings is 2. The number of aryl methyl sites for hydroxylation is 4. The van der Waals surface area contributed by atoms with Crippen LogP contribution in [0.1, 0.15) is 28.7 Å². The van der Waals surface area contributed by atoms with Gasteiger partial charge in [0.2, 0.25) is 5.91 Å². The van der Waals surface area contributed by atoms with Gasteiger partial charge in [0.1, 0.15) is 6.04 Å². The van der Waals surface area contributed by atoms with Gasteiger partial charge in [-0.15, -0.1) is 0 Å². The summed E-state index contributed by atoms with van der Waals surface area (Å²) in [7, 11) is 0. The summed E-state index contributed by atoms with van der Waals surface area (Å²) in [6.07, 6.45) is 0.180. The van der Waals surface area contributed by atoms with Gasteiger partial charge < -0.3 is 5.32 Å². The normalized spacial score (nSPS) is 17.5. The molecule has 1 N–H and O–H groups in total. The summed E-state index contributed by atoms with van der Waals surface area (Å²) in [6.45, 7) is 7.92. The fourth-order valence-electron chi connectivity index (χ4n) is 3.13. The van der Waals surface area contributed by atoms with Gasteiger partial charge in [0.15, 0.2) is 0 Å².